The summed E-state index contributed by atoms with van der Waals surface area (Å²) in [6.45, 7) is 1.23. The van der Waals surface area contributed by atoms with Crippen LogP contribution in [0.15, 0.2) is 48.7 Å². The Morgan fingerprint density at radius 2 is 2.16 bits per heavy atom. The van der Waals surface area contributed by atoms with Crippen molar-refractivity contribution in [3.05, 3.63) is 71.2 Å². The fourth-order valence-corrected chi connectivity index (χ4v) is 4.89. The summed E-state index contributed by atoms with van der Waals surface area (Å²) >= 11 is 0. The number of carboxylic acids is 1. The molecular weight excluding hydrogens is 476 g/mol. The van der Waals surface area contributed by atoms with Gasteiger partial charge in [0.2, 0.25) is 0 Å². The van der Waals surface area contributed by atoms with E-state index < -0.39 is 23.9 Å². The number of alkyl halides is 1. The number of aliphatic carboxylic acids is 1. The summed E-state index contributed by atoms with van der Waals surface area (Å²) in [6, 6.07) is 13.1. The van der Waals surface area contributed by atoms with Crippen LogP contribution in [0.2, 0.25) is 0 Å². The molecule has 3 atom stereocenters. The minimum Gasteiger partial charge on any atom is -0.497 e. The molecule has 3 aromatic rings. The second-order valence-electron chi connectivity index (χ2n) is 9.13. The van der Waals surface area contributed by atoms with Gasteiger partial charge in [-0.15, -0.1) is 0 Å². The Bertz CT molecular complexity index is 1390. The van der Waals surface area contributed by atoms with Crippen molar-refractivity contribution < 1.29 is 23.4 Å². The molecule has 4 rings (SSSR count). The molecule has 0 unspecified atom stereocenters. The van der Waals surface area contributed by atoms with Gasteiger partial charge in [0.1, 0.15) is 29.4 Å². The van der Waals surface area contributed by atoms with E-state index in [2.05, 4.69) is 16.8 Å². The predicted molar refractivity (Wildman–Crippen MR) is 135 cm³/mol. The molecule has 1 saturated heterocycles. The molecule has 0 amide bonds. The van der Waals surface area contributed by atoms with Crippen LogP contribution in [0, 0.1) is 40.8 Å². The Kier molecular flexibility index (Phi) is 8.32. The number of rotatable bonds is 7. The molecule has 0 bridgehead atoms. The number of ether oxygens (including phenoxy) is 1. The largest absolute Gasteiger partial charge is 0.497 e. The number of nitrogens with zero attached hydrogens (tertiary/aromatic N) is 3. The first-order chi connectivity index (χ1) is 17.9. The average Bonchev–Trinajstić information content (AvgIpc) is 2.91. The van der Waals surface area contributed by atoms with E-state index in [9.17, 15) is 14.3 Å². The molecule has 37 heavy (non-hydrogen) atoms. The van der Waals surface area contributed by atoms with E-state index in [0.717, 1.165) is 0 Å². The van der Waals surface area contributed by atoms with Gasteiger partial charge in [0, 0.05) is 23.7 Å². The number of aromatic nitrogens is 1. The number of hydrogen-bond donors (Lipinski definition) is 1. The first kappa shape index (κ1) is 26.1. The van der Waals surface area contributed by atoms with Crippen molar-refractivity contribution in [2.45, 2.75) is 25.4 Å². The molecule has 8 heteroatoms. The fraction of sp³-hybridized carbons (Fsp3) is 0.345. The van der Waals surface area contributed by atoms with E-state index in [-0.39, 0.29) is 17.9 Å². The molecule has 0 saturated carbocycles. The maximum atomic E-state index is 15.4. The van der Waals surface area contributed by atoms with E-state index >= 15 is 4.39 Å². The number of nitriles is 1. The summed E-state index contributed by atoms with van der Waals surface area (Å²) in [5.74, 6) is 4.06. The minimum absolute atomic E-state index is 0.0988. The van der Waals surface area contributed by atoms with Crippen molar-refractivity contribution in [2.24, 2.45) is 11.8 Å². The molecule has 1 N–H and O–H groups in total. The number of pyridine rings is 1. The van der Waals surface area contributed by atoms with Crippen LogP contribution in [0.1, 0.15) is 42.1 Å². The molecule has 1 aliphatic heterocycles. The summed E-state index contributed by atoms with van der Waals surface area (Å²) in [4.78, 5) is 18.3. The highest BCUT2D eigenvalue weighted by Crippen LogP contribution is 2.35. The van der Waals surface area contributed by atoms with Crippen LogP contribution >= 0.6 is 0 Å². The van der Waals surface area contributed by atoms with E-state index in [1.807, 2.05) is 11.0 Å². The highest BCUT2D eigenvalue weighted by molar-refractivity contribution is 5.83. The molecular formula is C29H27F2N3O3. The Hall–Kier alpha value is -4.01. The number of benzene rings is 2. The summed E-state index contributed by atoms with van der Waals surface area (Å²) < 4.78 is 34.4. The lowest BCUT2D eigenvalue weighted by molar-refractivity contribution is -0.146. The zero-order valence-corrected chi connectivity index (χ0v) is 20.5. The first-order valence-corrected chi connectivity index (χ1v) is 12.1. The summed E-state index contributed by atoms with van der Waals surface area (Å²) in [5, 5.41) is 19.7. The molecule has 0 aliphatic carbocycles. The van der Waals surface area contributed by atoms with Gasteiger partial charge in [0.25, 0.3) is 0 Å². The lowest BCUT2D eigenvalue weighted by atomic mass is 9.81. The number of likely N-dealkylation sites (tertiary alicyclic amines) is 1. The zero-order chi connectivity index (χ0) is 26.4. The highest BCUT2D eigenvalue weighted by Gasteiger charge is 2.34. The monoisotopic (exact) mass is 503 g/mol. The summed E-state index contributed by atoms with van der Waals surface area (Å²) in [7, 11) is 1.55. The number of carbonyl (C=O) groups is 1. The van der Waals surface area contributed by atoms with E-state index in [0.29, 0.717) is 60.3 Å². The van der Waals surface area contributed by atoms with Gasteiger partial charge in [0.05, 0.1) is 25.1 Å². The second kappa shape index (κ2) is 11.8. The Morgan fingerprint density at radius 3 is 2.92 bits per heavy atom. The van der Waals surface area contributed by atoms with Crippen molar-refractivity contribution in [1.29, 1.82) is 5.26 Å². The number of carboxylic acid groups (broad SMARTS) is 1. The average molecular weight is 504 g/mol. The molecule has 2 heterocycles. The third-order valence-electron chi connectivity index (χ3n) is 6.92. The Morgan fingerprint density at radius 1 is 1.32 bits per heavy atom. The standard InChI is InChI=1S/C29H27F2N3O3/c1-37-21-8-10-28-23(16-21)22(11-13-33-28)27(31)9-7-20-12-15-34(18-25(20)29(35)36)14-3-5-19-4-2-6-26(30)24(19)17-32/h2,4,6,8,10-11,13,16,20,25,27H,7,9,12,14-15,18H2,1H3,(H,35,36)/t20-,25+,27-/m1/s1. The van der Waals surface area contributed by atoms with Gasteiger partial charge in [0.15, 0.2) is 0 Å². The van der Waals surface area contributed by atoms with Crippen LogP contribution in [-0.2, 0) is 4.79 Å². The number of halogens is 2. The van der Waals surface area contributed by atoms with Gasteiger partial charge in [-0.1, -0.05) is 17.9 Å². The molecule has 1 fully saturated rings. The van der Waals surface area contributed by atoms with Gasteiger partial charge in [-0.3, -0.25) is 14.7 Å². The van der Waals surface area contributed by atoms with Gasteiger partial charge in [-0.05, 0) is 73.7 Å². The Labute approximate surface area is 214 Å². The molecule has 6 nitrogen and oxygen atoms in total. The lowest BCUT2D eigenvalue weighted by Crippen LogP contribution is -2.44. The van der Waals surface area contributed by atoms with Crippen LogP contribution in [0.25, 0.3) is 10.9 Å². The third-order valence-corrected chi connectivity index (χ3v) is 6.92. The summed E-state index contributed by atoms with van der Waals surface area (Å²) in [5.41, 5.74) is 1.41. The van der Waals surface area contributed by atoms with Crippen molar-refractivity contribution in [3.8, 4) is 23.7 Å². The maximum Gasteiger partial charge on any atom is 0.308 e. The first-order valence-electron chi connectivity index (χ1n) is 12.1. The zero-order valence-electron chi connectivity index (χ0n) is 20.5. The van der Waals surface area contributed by atoms with Gasteiger partial charge in [-0.2, -0.15) is 5.26 Å². The van der Waals surface area contributed by atoms with Gasteiger partial charge < -0.3 is 9.84 Å². The predicted octanol–water partition coefficient (Wildman–Crippen LogP) is 5.12. The number of methoxy groups -OCH3 is 1. The molecule has 2 aromatic carbocycles. The minimum atomic E-state index is -1.25. The fourth-order valence-electron chi connectivity index (χ4n) is 4.89. The summed E-state index contributed by atoms with van der Waals surface area (Å²) in [6.07, 6.45) is 1.59. The smallest absolute Gasteiger partial charge is 0.308 e. The van der Waals surface area contributed by atoms with Gasteiger partial charge in [-0.25, -0.2) is 8.78 Å². The van der Waals surface area contributed by atoms with Gasteiger partial charge >= 0.3 is 5.97 Å². The quantitative estimate of drug-likeness (QED) is 0.451. The molecule has 0 radical (unpaired) electrons. The number of fused-ring (bicyclic) bond motifs is 1. The number of piperidine rings is 1. The number of hydrogen-bond acceptors (Lipinski definition) is 5. The normalized spacial score (nSPS) is 18.4. The molecule has 1 aromatic heterocycles. The van der Waals surface area contributed by atoms with E-state index in [1.165, 1.54) is 12.1 Å². The van der Waals surface area contributed by atoms with Crippen molar-refractivity contribution >= 4 is 16.9 Å². The molecule has 0 spiro atoms. The van der Waals surface area contributed by atoms with Crippen LogP contribution in [-0.4, -0.2) is 47.7 Å². The van der Waals surface area contributed by atoms with Crippen molar-refractivity contribution in [1.82, 2.24) is 9.88 Å². The van der Waals surface area contributed by atoms with Crippen LogP contribution in [0.3, 0.4) is 0 Å². The van der Waals surface area contributed by atoms with E-state index in [1.54, 1.807) is 43.6 Å². The molecule has 190 valence electrons. The Balaban J connectivity index is 1.39. The maximum absolute atomic E-state index is 15.4. The van der Waals surface area contributed by atoms with Crippen LogP contribution in [0.4, 0.5) is 8.78 Å². The SMILES string of the molecule is COc1ccc2nccc([C@H](F)CC[C@@H]3CCN(CC#Cc4cccc(F)c4C#N)C[C@@H]3C(=O)O)c2c1. The third kappa shape index (κ3) is 6.04. The van der Waals surface area contributed by atoms with Crippen LogP contribution < -0.4 is 4.74 Å². The lowest BCUT2D eigenvalue weighted by Gasteiger charge is -2.35. The van der Waals surface area contributed by atoms with Crippen LogP contribution in [0.5, 0.6) is 5.75 Å². The van der Waals surface area contributed by atoms with E-state index in [4.69, 9.17) is 10.00 Å². The second-order valence-corrected chi connectivity index (χ2v) is 9.13. The molecule has 1 aliphatic rings. The van der Waals surface area contributed by atoms with Crippen molar-refractivity contribution in [3.63, 3.8) is 0 Å². The topological polar surface area (TPSA) is 86.5 Å². The van der Waals surface area contributed by atoms with Crippen molar-refractivity contribution in [2.75, 3.05) is 26.7 Å². The highest BCUT2D eigenvalue weighted by atomic mass is 19.1.